The fourth-order valence-electron chi connectivity index (χ4n) is 5.62. The Morgan fingerprint density at radius 1 is 1.24 bits per heavy atom. The molecule has 1 fully saturated rings. The average Bonchev–Trinajstić information content (AvgIpc) is 3.66. The van der Waals surface area contributed by atoms with Gasteiger partial charge in [-0.15, -0.1) is 16.4 Å². The maximum absolute atomic E-state index is 14.1. The van der Waals surface area contributed by atoms with Gasteiger partial charge in [0.25, 0.3) is 0 Å². The summed E-state index contributed by atoms with van der Waals surface area (Å²) in [5, 5.41) is 21.7. The minimum atomic E-state index is -0.924. The Hall–Kier alpha value is -3.90. The molecular formula is C29H34N6O5S. The van der Waals surface area contributed by atoms with E-state index in [-0.39, 0.29) is 25.3 Å². The predicted molar refractivity (Wildman–Crippen MR) is 152 cm³/mol. The first kappa shape index (κ1) is 28.6. The Bertz CT molecular complexity index is 1460. The van der Waals surface area contributed by atoms with Crippen molar-refractivity contribution in [1.29, 1.82) is 0 Å². The number of fused-ring (bicyclic) bond motifs is 1. The number of rotatable bonds is 7. The second-order valence-corrected chi connectivity index (χ2v) is 12.0. The van der Waals surface area contributed by atoms with Crippen LogP contribution in [0.5, 0.6) is 0 Å². The van der Waals surface area contributed by atoms with Gasteiger partial charge in [0.05, 0.1) is 53.6 Å². The van der Waals surface area contributed by atoms with Gasteiger partial charge in [0.1, 0.15) is 12.1 Å². The quantitative estimate of drug-likeness (QED) is 0.322. The molecule has 3 aromatic rings. The smallest absolute Gasteiger partial charge is 0.307 e. The highest BCUT2D eigenvalue weighted by Crippen LogP contribution is 2.38. The number of aliphatic hydroxyl groups excluding tert-OH is 1. The molecule has 2 aliphatic rings. The molecule has 0 aliphatic carbocycles. The molecule has 2 N–H and O–H groups in total. The topological polar surface area (TPSA) is 140 Å². The van der Waals surface area contributed by atoms with Crippen LogP contribution in [-0.2, 0) is 25.5 Å². The summed E-state index contributed by atoms with van der Waals surface area (Å²) in [6.45, 7) is 5.84. The first-order valence-corrected chi connectivity index (χ1v) is 14.4. The van der Waals surface area contributed by atoms with Crippen molar-refractivity contribution in [2.75, 3.05) is 13.7 Å². The molecule has 1 saturated heterocycles. The average molecular weight is 579 g/mol. The van der Waals surface area contributed by atoms with E-state index in [2.05, 4.69) is 20.6 Å². The van der Waals surface area contributed by atoms with Crippen molar-refractivity contribution in [3.63, 3.8) is 0 Å². The van der Waals surface area contributed by atoms with Gasteiger partial charge in [-0.05, 0) is 18.1 Å². The number of likely N-dealkylation sites (tertiary alicyclic amines) is 1. The first-order chi connectivity index (χ1) is 19.6. The number of aliphatic hydroxyl groups is 1. The van der Waals surface area contributed by atoms with E-state index in [4.69, 9.17) is 4.74 Å². The van der Waals surface area contributed by atoms with Crippen molar-refractivity contribution in [1.82, 2.24) is 30.2 Å². The third-order valence-electron chi connectivity index (χ3n) is 7.81. The van der Waals surface area contributed by atoms with Crippen molar-refractivity contribution in [2.45, 2.75) is 64.3 Å². The van der Waals surface area contributed by atoms with Crippen molar-refractivity contribution in [2.24, 2.45) is 5.41 Å². The van der Waals surface area contributed by atoms with Gasteiger partial charge in [-0.2, -0.15) is 0 Å². The van der Waals surface area contributed by atoms with Crippen LogP contribution in [0.1, 0.15) is 55.7 Å². The second-order valence-electron chi connectivity index (χ2n) is 11.1. The normalized spacial score (nSPS) is 22.1. The molecule has 0 saturated carbocycles. The number of ether oxygens (including phenoxy) is 1. The number of hydrogen-bond donors (Lipinski definition) is 2. The number of carbonyl (C=O) groups excluding carboxylic acids is 3. The highest BCUT2D eigenvalue weighted by atomic mass is 32.1. The van der Waals surface area contributed by atoms with E-state index in [1.165, 1.54) is 12.0 Å². The third kappa shape index (κ3) is 5.80. The van der Waals surface area contributed by atoms with Gasteiger partial charge in [-0.25, -0.2) is 9.67 Å². The minimum absolute atomic E-state index is 0.0157. The number of aryl methyl sites for hydroxylation is 1. The molecule has 12 heteroatoms. The number of benzene rings is 1. The van der Waals surface area contributed by atoms with E-state index >= 15 is 0 Å². The molecule has 0 bridgehead atoms. The Kier molecular flexibility index (Phi) is 8.05. The van der Waals surface area contributed by atoms with Crippen LogP contribution in [0.25, 0.3) is 10.4 Å². The fourth-order valence-corrected chi connectivity index (χ4v) is 6.43. The lowest BCUT2D eigenvalue weighted by molar-refractivity contribution is -0.145. The zero-order valence-electron chi connectivity index (χ0n) is 23.5. The van der Waals surface area contributed by atoms with E-state index in [0.29, 0.717) is 12.0 Å². The van der Waals surface area contributed by atoms with Gasteiger partial charge in [-0.1, -0.05) is 55.5 Å². The van der Waals surface area contributed by atoms with Crippen molar-refractivity contribution in [3.05, 3.63) is 65.1 Å². The molecule has 2 aromatic heterocycles. The second kappa shape index (κ2) is 11.5. The molecule has 0 radical (unpaired) electrons. The summed E-state index contributed by atoms with van der Waals surface area (Å²) in [5.41, 5.74) is 4.60. The molecule has 0 spiro atoms. The van der Waals surface area contributed by atoms with Crippen LogP contribution < -0.4 is 5.32 Å². The first-order valence-electron chi connectivity index (χ1n) is 13.5. The maximum atomic E-state index is 14.1. The van der Waals surface area contributed by atoms with Crippen LogP contribution in [0.3, 0.4) is 0 Å². The third-order valence-corrected chi connectivity index (χ3v) is 8.78. The number of carbonyl (C=O) groups is 3. The van der Waals surface area contributed by atoms with E-state index in [9.17, 15) is 19.5 Å². The molecular weight excluding hydrogens is 544 g/mol. The Balaban J connectivity index is 1.39. The molecule has 41 heavy (non-hydrogen) atoms. The molecule has 11 nitrogen and oxygen atoms in total. The number of methoxy groups -OCH3 is 1. The van der Waals surface area contributed by atoms with E-state index < -0.39 is 41.5 Å². The standard InChI is InChI=1S/C29H34N6O5S/c1-17-25(41-16-30-17)19-9-7-18(8-10-19)22(13-24(37)40-4)32-27(38)23-12-21(36)15-34(23)28(39)26-29(2,3)11-5-6-20-14-31-33-35(20)26/h5,7-11,14,16,21-23,26,36H,6,12-13,15H2,1-4H3,(H,32,38)/t21-,22+,23+,26-/m1/s1. The van der Waals surface area contributed by atoms with Gasteiger partial charge in [0.15, 0.2) is 0 Å². The Morgan fingerprint density at radius 2 is 2.00 bits per heavy atom. The summed E-state index contributed by atoms with van der Waals surface area (Å²) in [4.78, 5) is 46.9. The number of allylic oxidation sites excluding steroid dienone is 2. The molecule has 0 unspecified atom stereocenters. The van der Waals surface area contributed by atoms with Crippen LogP contribution in [0.4, 0.5) is 0 Å². The summed E-state index contributed by atoms with van der Waals surface area (Å²) in [6, 6.07) is 5.22. The lowest BCUT2D eigenvalue weighted by atomic mass is 9.83. The number of β-amino-alcohol motifs (C(OH)–C–C–N with tert-alkyl or cyclic N) is 1. The van der Waals surface area contributed by atoms with E-state index in [0.717, 1.165) is 21.8 Å². The predicted octanol–water partition coefficient (Wildman–Crippen LogP) is 2.77. The van der Waals surface area contributed by atoms with Crippen LogP contribution >= 0.6 is 11.3 Å². The van der Waals surface area contributed by atoms with Crippen molar-refractivity contribution in [3.8, 4) is 10.4 Å². The monoisotopic (exact) mass is 578 g/mol. The van der Waals surface area contributed by atoms with Gasteiger partial charge in [0, 0.05) is 24.8 Å². The number of amides is 2. The van der Waals surface area contributed by atoms with Crippen molar-refractivity contribution >= 4 is 29.1 Å². The lowest BCUT2D eigenvalue weighted by Gasteiger charge is -2.35. The van der Waals surface area contributed by atoms with E-state index in [1.54, 1.807) is 27.7 Å². The SMILES string of the molecule is COC(=O)C[C@H](NC(=O)[C@@H]1C[C@@H](O)CN1C(=O)[C@H]1n2nncc2CC=CC1(C)C)c1ccc(-c2scnc2C)cc1. The molecule has 4 heterocycles. The zero-order valence-corrected chi connectivity index (χ0v) is 24.3. The maximum Gasteiger partial charge on any atom is 0.307 e. The molecule has 2 amide bonds. The number of nitrogens with one attached hydrogen (secondary N) is 1. The number of thiazole rings is 1. The number of nitrogens with zero attached hydrogens (tertiary/aromatic N) is 5. The van der Waals surface area contributed by atoms with Crippen LogP contribution in [0.2, 0.25) is 0 Å². The molecule has 4 atom stereocenters. The minimum Gasteiger partial charge on any atom is -0.469 e. The highest BCUT2D eigenvalue weighted by molar-refractivity contribution is 7.13. The van der Waals surface area contributed by atoms with Gasteiger partial charge < -0.3 is 20.1 Å². The van der Waals surface area contributed by atoms with Crippen LogP contribution in [0, 0.1) is 12.3 Å². The molecule has 5 rings (SSSR count). The summed E-state index contributed by atoms with van der Waals surface area (Å²) in [5.74, 6) is -1.26. The Morgan fingerprint density at radius 3 is 2.68 bits per heavy atom. The molecule has 2 aliphatic heterocycles. The van der Waals surface area contributed by atoms with Gasteiger partial charge in [-0.3, -0.25) is 14.4 Å². The van der Waals surface area contributed by atoms with Crippen molar-refractivity contribution < 1.29 is 24.2 Å². The summed E-state index contributed by atoms with van der Waals surface area (Å²) in [7, 11) is 1.30. The number of aromatic nitrogens is 4. The highest BCUT2D eigenvalue weighted by Gasteiger charge is 2.47. The number of esters is 1. The van der Waals surface area contributed by atoms with Crippen LogP contribution in [0.15, 0.2) is 48.1 Å². The van der Waals surface area contributed by atoms with Gasteiger partial charge in [0.2, 0.25) is 11.8 Å². The lowest BCUT2D eigenvalue weighted by Crippen LogP contribution is -2.51. The fraction of sp³-hybridized carbons (Fsp3) is 0.448. The number of hydrogen-bond acceptors (Lipinski definition) is 9. The largest absolute Gasteiger partial charge is 0.469 e. The summed E-state index contributed by atoms with van der Waals surface area (Å²) < 4.78 is 6.52. The molecule has 216 valence electrons. The van der Waals surface area contributed by atoms with Crippen LogP contribution in [-0.4, -0.2) is 73.6 Å². The van der Waals surface area contributed by atoms with E-state index in [1.807, 2.05) is 57.2 Å². The summed E-state index contributed by atoms with van der Waals surface area (Å²) >= 11 is 1.54. The van der Waals surface area contributed by atoms with Gasteiger partial charge >= 0.3 is 5.97 Å². The Labute approximate surface area is 242 Å². The summed E-state index contributed by atoms with van der Waals surface area (Å²) in [6.07, 6.45) is 5.32. The zero-order chi connectivity index (χ0) is 29.3. The molecule has 1 aromatic carbocycles.